The summed E-state index contributed by atoms with van der Waals surface area (Å²) in [6.45, 7) is 3.92. The van der Waals surface area contributed by atoms with Crippen LogP contribution < -0.4 is 10.1 Å². The Balaban J connectivity index is 1.91. The van der Waals surface area contributed by atoms with E-state index in [0.29, 0.717) is 37.1 Å². The first-order chi connectivity index (χ1) is 15.4. The number of ether oxygens (including phenoxy) is 2. The van der Waals surface area contributed by atoms with Crippen LogP contribution in [0.2, 0.25) is 0 Å². The smallest absolute Gasteiger partial charge is 0.336 e. The minimum Gasteiger partial charge on any atom is -0.479 e. The van der Waals surface area contributed by atoms with Gasteiger partial charge in [-0.25, -0.2) is 4.79 Å². The number of Topliss-reactive ketones (excluding diaryl/α,β-unsaturated/α-hetero) is 1. The second-order valence-corrected chi connectivity index (χ2v) is 9.00. The molecule has 7 heteroatoms. The Labute approximate surface area is 203 Å². The highest BCUT2D eigenvalue weighted by molar-refractivity contribution is 9.11. The Morgan fingerprint density at radius 2 is 1.84 bits per heavy atom. The van der Waals surface area contributed by atoms with Gasteiger partial charge in [-0.15, -0.1) is 6.42 Å². The molecule has 1 N–H and O–H groups in total. The van der Waals surface area contributed by atoms with Crippen molar-refractivity contribution in [1.82, 2.24) is 5.32 Å². The van der Waals surface area contributed by atoms with E-state index in [4.69, 9.17) is 15.9 Å². The van der Waals surface area contributed by atoms with Crippen LogP contribution in [0.5, 0.6) is 5.75 Å². The van der Waals surface area contributed by atoms with Gasteiger partial charge in [0.05, 0.1) is 26.8 Å². The van der Waals surface area contributed by atoms with E-state index in [1.54, 1.807) is 13.0 Å². The van der Waals surface area contributed by atoms with E-state index in [-0.39, 0.29) is 19.0 Å². The van der Waals surface area contributed by atoms with Gasteiger partial charge in [0.25, 0.3) is 0 Å². The molecule has 2 aromatic carbocycles. The lowest BCUT2D eigenvalue weighted by Crippen LogP contribution is -2.29. The first-order valence-corrected chi connectivity index (χ1v) is 11.6. The summed E-state index contributed by atoms with van der Waals surface area (Å²) >= 11 is 7.08. The third-order valence-corrected chi connectivity index (χ3v) is 6.58. The fraction of sp³-hybridized carbons (Fsp3) is 0.200. The summed E-state index contributed by atoms with van der Waals surface area (Å²) in [7, 11) is 0. The fourth-order valence-electron chi connectivity index (χ4n) is 4.14. The van der Waals surface area contributed by atoms with Crippen molar-refractivity contribution in [1.29, 1.82) is 0 Å². The van der Waals surface area contributed by atoms with Gasteiger partial charge in [0.2, 0.25) is 0 Å². The van der Waals surface area contributed by atoms with Gasteiger partial charge in [0.1, 0.15) is 12.4 Å². The van der Waals surface area contributed by atoms with Crippen molar-refractivity contribution in [2.24, 2.45) is 0 Å². The van der Waals surface area contributed by atoms with Gasteiger partial charge in [0.15, 0.2) is 5.78 Å². The number of halogens is 2. The van der Waals surface area contributed by atoms with Gasteiger partial charge in [-0.1, -0.05) is 30.2 Å². The average Bonchev–Trinajstić information content (AvgIpc) is 3.04. The van der Waals surface area contributed by atoms with Crippen molar-refractivity contribution in [2.75, 3.05) is 13.2 Å². The van der Waals surface area contributed by atoms with Crippen LogP contribution in [-0.4, -0.2) is 25.0 Å². The molecule has 0 unspecified atom stereocenters. The van der Waals surface area contributed by atoms with E-state index in [2.05, 4.69) is 43.1 Å². The van der Waals surface area contributed by atoms with E-state index >= 15 is 0 Å². The molecule has 0 radical (unpaired) electrons. The minimum absolute atomic E-state index is 0.109. The monoisotopic (exact) mass is 555 g/mol. The molecule has 1 atom stereocenters. The van der Waals surface area contributed by atoms with Crippen LogP contribution in [0.3, 0.4) is 0 Å². The average molecular weight is 557 g/mol. The lowest BCUT2D eigenvalue weighted by Gasteiger charge is -2.29. The zero-order valence-electron chi connectivity index (χ0n) is 17.4. The third-order valence-electron chi connectivity index (χ3n) is 5.40. The summed E-state index contributed by atoms with van der Waals surface area (Å²) in [6, 6.07) is 11.1. The topological polar surface area (TPSA) is 64.6 Å². The Morgan fingerprint density at radius 1 is 1.19 bits per heavy atom. The van der Waals surface area contributed by atoms with Crippen molar-refractivity contribution in [3.63, 3.8) is 0 Å². The van der Waals surface area contributed by atoms with Crippen LogP contribution in [0, 0.1) is 12.3 Å². The second kappa shape index (κ2) is 8.97. The van der Waals surface area contributed by atoms with Gasteiger partial charge >= 0.3 is 5.97 Å². The summed E-state index contributed by atoms with van der Waals surface area (Å²) < 4.78 is 12.3. The zero-order chi connectivity index (χ0) is 23.0. The molecular formula is C25H19Br2NO4. The van der Waals surface area contributed by atoms with Gasteiger partial charge in [0, 0.05) is 28.3 Å². The van der Waals surface area contributed by atoms with Gasteiger partial charge in [-0.2, -0.15) is 0 Å². The molecule has 4 rings (SSSR count). The van der Waals surface area contributed by atoms with Crippen molar-refractivity contribution >= 4 is 49.3 Å². The number of dihydropyridines is 1. The Hall–Kier alpha value is -2.82. The highest BCUT2D eigenvalue weighted by Crippen LogP contribution is 2.48. The number of hydrogen-bond donors (Lipinski definition) is 1. The quantitative estimate of drug-likeness (QED) is 0.397. The number of esters is 1. The molecule has 0 spiro atoms. The number of hydrogen-bond acceptors (Lipinski definition) is 5. The van der Waals surface area contributed by atoms with Crippen LogP contribution in [-0.2, 0) is 9.53 Å². The van der Waals surface area contributed by atoms with Gasteiger partial charge in [-0.05, 0) is 63.4 Å². The van der Waals surface area contributed by atoms with Crippen molar-refractivity contribution in [3.05, 3.63) is 78.9 Å². The van der Waals surface area contributed by atoms with Crippen LogP contribution in [0.25, 0.3) is 5.70 Å². The summed E-state index contributed by atoms with van der Waals surface area (Å²) in [6.07, 6.45) is 5.32. The number of allylic oxidation sites excluding steroid dienone is 2. The number of fused-ring (bicyclic) bond motifs is 2. The molecule has 0 amide bonds. The summed E-state index contributed by atoms with van der Waals surface area (Å²) in [5, 5.41) is 3.29. The number of carbonyl (C=O) groups is 2. The molecule has 1 aliphatic carbocycles. The predicted octanol–water partition coefficient (Wildman–Crippen LogP) is 5.36. The van der Waals surface area contributed by atoms with Crippen LogP contribution >= 0.6 is 31.9 Å². The lowest BCUT2D eigenvalue weighted by molar-refractivity contribution is -0.138. The molecular weight excluding hydrogens is 538 g/mol. The molecule has 0 saturated carbocycles. The summed E-state index contributed by atoms with van der Waals surface area (Å²) in [5.41, 5.74) is 4.48. The predicted molar refractivity (Wildman–Crippen MR) is 129 cm³/mol. The Bertz CT molecular complexity index is 1230. The van der Waals surface area contributed by atoms with Gasteiger partial charge < -0.3 is 14.8 Å². The van der Waals surface area contributed by atoms with E-state index in [9.17, 15) is 9.59 Å². The lowest BCUT2D eigenvalue weighted by atomic mass is 9.80. The van der Waals surface area contributed by atoms with Crippen LogP contribution in [0.4, 0.5) is 0 Å². The molecule has 32 heavy (non-hydrogen) atoms. The molecule has 1 heterocycles. The maximum absolute atomic E-state index is 13.5. The number of nitrogens with one attached hydrogen (secondary N) is 1. The molecule has 0 fully saturated rings. The number of ketones is 1. The highest BCUT2D eigenvalue weighted by atomic mass is 79.9. The number of rotatable bonds is 5. The zero-order valence-corrected chi connectivity index (χ0v) is 20.6. The first-order valence-electron chi connectivity index (χ1n) is 9.97. The largest absolute Gasteiger partial charge is 0.479 e. The van der Waals surface area contributed by atoms with Gasteiger partial charge in [-0.3, -0.25) is 4.79 Å². The van der Waals surface area contributed by atoms with Crippen molar-refractivity contribution in [2.45, 2.75) is 19.8 Å². The molecule has 0 aromatic heterocycles. The first kappa shape index (κ1) is 22.4. The molecule has 5 nitrogen and oxygen atoms in total. The summed E-state index contributed by atoms with van der Waals surface area (Å²) in [5.74, 6) is 1.81. The Kier molecular flexibility index (Phi) is 6.27. The van der Waals surface area contributed by atoms with E-state index in [0.717, 1.165) is 16.8 Å². The minimum atomic E-state index is -0.612. The molecule has 2 aliphatic rings. The molecule has 0 saturated heterocycles. The molecule has 2 aromatic rings. The summed E-state index contributed by atoms with van der Waals surface area (Å²) in [4.78, 5) is 26.5. The maximum Gasteiger partial charge on any atom is 0.336 e. The van der Waals surface area contributed by atoms with E-state index in [1.807, 2.05) is 37.3 Å². The second-order valence-electron chi connectivity index (χ2n) is 7.29. The van der Waals surface area contributed by atoms with Crippen LogP contribution in [0.1, 0.15) is 41.3 Å². The molecule has 162 valence electrons. The normalized spacial score (nSPS) is 16.8. The highest BCUT2D eigenvalue weighted by Gasteiger charge is 2.43. The number of terminal acetylenes is 1. The Morgan fingerprint density at radius 3 is 2.47 bits per heavy atom. The maximum atomic E-state index is 13.5. The number of carbonyl (C=O) groups excluding carboxylic acids is 2. The van der Waals surface area contributed by atoms with Crippen LogP contribution in [0.15, 0.2) is 62.2 Å². The van der Waals surface area contributed by atoms with Crippen molar-refractivity contribution in [3.8, 4) is 18.1 Å². The van der Waals surface area contributed by atoms with E-state index in [1.165, 1.54) is 0 Å². The fourth-order valence-corrected chi connectivity index (χ4v) is 5.59. The van der Waals surface area contributed by atoms with E-state index < -0.39 is 11.9 Å². The molecule has 1 aliphatic heterocycles. The molecule has 0 bridgehead atoms. The number of benzene rings is 2. The SMILES string of the molecule is C#CCOc1c(Br)cc([C@@H]2C(C(=O)OCC)=C(C)NC3=C2C(=O)c2ccccc23)cc1Br. The third kappa shape index (κ3) is 3.68. The standard InChI is InChI=1S/C25H19Br2NO4/c1-4-10-32-24-17(26)11-14(12-18(24)27)20-19(25(30)31-5-2)13(3)28-22-15-8-6-7-9-16(15)23(29)21(20)22/h1,6-9,11-12,20,28H,5,10H2,2-3H3/t20-/m1/s1. The van der Waals surface area contributed by atoms with Crippen molar-refractivity contribution < 1.29 is 19.1 Å².